The lowest BCUT2D eigenvalue weighted by Gasteiger charge is -2.25. The fraction of sp³-hybridized carbons (Fsp3) is 0.263. The van der Waals surface area contributed by atoms with Crippen LogP contribution in [0.3, 0.4) is 0 Å². The average Bonchev–Trinajstić information content (AvgIpc) is 3.02. The lowest BCUT2D eigenvalue weighted by atomic mass is 10.2. The first kappa shape index (κ1) is 17.8. The maximum atomic E-state index is 12.4. The molecule has 9 heteroatoms. The van der Waals surface area contributed by atoms with Crippen LogP contribution in [-0.4, -0.2) is 44.5 Å². The zero-order chi connectivity index (χ0) is 19.5. The molecule has 1 amide bonds. The van der Waals surface area contributed by atoms with Crippen LogP contribution in [0.2, 0.25) is 0 Å². The van der Waals surface area contributed by atoms with Gasteiger partial charge in [-0.15, -0.1) is 5.10 Å². The van der Waals surface area contributed by atoms with Gasteiger partial charge in [0.25, 0.3) is 5.91 Å². The fourth-order valence-corrected chi connectivity index (χ4v) is 2.90. The van der Waals surface area contributed by atoms with Crippen LogP contribution in [0.15, 0.2) is 53.5 Å². The molecule has 1 N–H and O–H groups in total. The molecule has 0 radical (unpaired) electrons. The summed E-state index contributed by atoms with van der Waals surface area (Å²) < 4.78 is 13.9. The number of nitrogens with one attached hydrogen (secondary N) is 1. The number of para-hydroxylation sites is 2. The van der Waals surface area contributed by atoms with Crippen molar-refractivity contribution in [2.45, 2.75) is 12.6 Å². The third-order valence-corrected chi connectivity index (χ3v) is 4.36. The number of fused-ring (bicyclic) bond motifs is 1. The van der Waals surface area contributed by atoms with Crippen LogP contribution in [0.1, 0.15) is 0 Å². The third-order valence-electron chi connectivity index (χ3n) is 4.36. The van der Waals surface area contributed by atoms with Crippen LogP contribution in [0, 0.1) is 0 Å². The number of pyridine rings is 1. The van der Waals surface area contributed by atoms with Gasteiger partial charge in [-0.3, -0.25) is 14.3 Å². The highest BCUT2D eigenvalue weighted by Gasteiger charge is 2.27. The Bertz CT molecular complexity index is 1040. The smallest absolute Gasteiger partial charge is 0.346 e. The van der Waals surface area contributed by atoms with Gasteiger partial charge in [0.05, 0.1) is 6.54 Å². The molecule has 1 aromatic carbocycles. The summed E-state index contributed by atoms with van der Waals surface area (Å²) >= 11 is 0. The van der Waals surface area contributed by atoms with Crippen molar-refractivity contribution < 1.29 is 14.3 Å². The van der Waals surface area contributed by atoms with Gasteiger partial charge in [-0.2, -0.15) is 0 Å². The second-order valence-corrected chi connectivity index (χ2v) is 6.26. The standard InChI is InChI=1S/C19H19N5O4/c1-23-17(13-6-4-5-9-20-13)22-24(19(23)26)11-10-21-18(25)16-12-27-14-7-2-3-8-15(14)28-16/h2-9,16H,10-12H2,1H3,(H,21,25)/t16-/m0/s1. The number of carbonyl (C=O) groups is 1. The molecule has 0 saturated heterocycles. The zero-order valence-electron chi connectivity index (χ0n) is 15.2. The average molecular weight is 381 g/mol. The van der Waals surface area contributed by atoms with Crippen molar-refractivity contribution in [2.75, 3.05) is 13.2 Å². The first-order chi connectivity index (χ1) is 13.6. The van der Waals surface area contributed by atoms with Crippen molar-refractivity contribution in [3.05, 3.63) is 59.1 Å². The van der Waals surface area contributed by atoms with Gasteiger partial charge in [0.2, 0.25) is 6.10 Å². The number of nitrogens with zero attached hydrogens (tertiary/aromatic N) is 4. The highest BCUT2D eigenvalue weighted by Crippen LogP contribution is 2.30. The predicted octanol–water partition coefficient (Wildman–Crippen LogP) is 0.600. The van der Waals surface area contributed by atoms with Crippen molar-refractivity contribution >= 4 is 5.91 Å². The van der Waals surface area contributed by atoms with E-state index in [0.717, 1.165) is 0 Å². The first-order valence-electron chi connectivity index (χ1n) is 8.85. The molecule has 2 aromatic heterocycles. The zero-order valence-corrected chi connectivity index (χ0v) is 15.2. The largest absolute Gasteiger partial charge is 0.485 e. The van der Waals surface area contributed by atoms with Crippen LogP contribution < -0.4 is 20.5 Å². The van der Waals surface area contributed by atoms with E-state index in [4.69, 9.17) is 9.47 Å². The predicted molar refractivity (Wildman–Crippen MR) is 100 cm³/mol. The van der Waals surface area contributed by atoms with E-state index in [9.17, 15) is 9.59 Å². The van der Waals surface area contributed by atoms with Crippen LogP contribution in [0.25, 0.3) is 11.5 Å². The molecule has 0 fully saturated rings. The first-order valence-corrected chi connectivity index (χ1v) is 8.85. The minimum atomic E-state index is -0.737. The highest BCUT2D eigenvalue weighted by molar-refractivity contribution is 5.81. The lowest BCUT2D eigenvalue weighted by molar-refractivity contribution is -0.130. The van der Waals surface area contributed by atoms with Crippen molar-refractivity contribution in [2.24, 2.45) is 7.05 Å². The molecule has 0 bridgehead atoms. The normalized spacial score (nSPS) is 15.2. The Morgan fingerprint density at radius 1 is 1.21 bits per heavy atom. The van der Waals surface area contributed by atoms with Gasteiger partial charge in [0.15, 0.2) is 17.3 Å². The van der Waals surface area contributed by atoms with Crippen LogP contribution in [0.4, 0.5) is 0 Å². The molecule has 0 unspecified atom stereocenters. The van der Waals surface area contributed by atoms with Crippen molar-refractivity contribution in [3.8, 4) is 23.0 Å². The summed E-state index contributed by atoms with van der Waals surface area (Å²) in [5.41, 5.74) is 0.331. The van der Waals surface area contributed by atoms with Crippen LogP contribution in [0.5, 0.6) is 11.5 Å². The van der Waals surface area contributed by atoms with Crippen molar-refractivity contribution in [1.82, 2.24) is 24.6 Å². The molecule has 4 rings (SSSR count). The summed E-state index contributed by atoms with van der Waals surface area (Å²) in [5.74, 6) is 1.32. The minimum Gasteiger partial charge on any atom is -0.485 e. The van der Waals surface area contributed by atoms with Gasteiger partial charge in [0.1, 0.15) is 12.3 Å². The number of hydrogen-bond donors (Lipinski definition) is 1. The second-order valence-electron chi connectivity index (χ2n) is 6.26. The third kappa shape index (κ3) is 3.46. The Labute approximate surface area is 160 Å². The van der Waals surface area contributed by atoms with E-state index in [1.54, 1.807) is 37.5 Å². The van der Waals surface area contributed by atoms with Crippen molar-refractivity contribution in [1.29, 1.82) is 0 Å². The molecule has 1 aliphatic rings. The fourth-order valence-electron chi connectivity index (χ4n) is 2.90. The Morgan fingerprint density at radius 3 is 2.79 bits per heavy atom. The topological polar surface area (TPSA) is 100 Å². The number of hydrogen-bond acceptors (Lipinski definition) is 6. The summed E-state index contributed by atoms with van der Waals surface area (Å²) in [4.78, 5) is 28.9. The number of aromatic nitrogens is 4. The van der Waals surface area contributed by atoms with E-state index < -0.39 is 6.10 Å². The second kappa shape index (κ2) is 7.55. The number of carbonyl (C=O) groups excluding carboxylic acids is 1. The summed E-state index contributed by atoms with van der Waals surface area (Å²) in [7, 11) is 1.64. The number of benzene rings is 1. The van der Waals surface area contributed by atoms with E-state index >= 15 is 0 Å². The number of amides is 1. The molecule has 1 atom stereocenters. The molecule has 0 spiro atoms. The molecular weight excluding hydrogens is 362 g/mol. The molecule has 0 aliphatic carbocycles. The van der Waals surface area contributed by atoms with E-state index in [-0.39, 0.29) is 31.3 Å². The Kier molecular flexibility index (Phi) is 4.79. The molecular formula is C19H19N5O4. The Hall–Kier alpha value is -3.62. The maximum absolute atomic E-state index is 12.4. The number of ether oxygens (including phenoxy) is 2. The van der Waals surface area contributed by atoms with E-state index in [0.29, 0.717) is 23.0 Å². The SMILES string of the molecule is Cn1c(-c2ccccn2)nn(CCNC(=O)[C@@H]2COc3ccccc3O2)c1=O. The maximum Gasteiger partial charge on any atom is 0.346 e. The van der Waals surface area contributed by atoms with E-state index in [2.05, 4.69) is 15.4 Å². The molecule has 28 heavy (non-hydrogen) atoms. The molecule has 9 nitrogen and oxygen atoms in total. The van der Waals surface area contributed by atoms with Gasteiger partial charge in [-0.1, -0.05) is 18.2 Å². The molecule has 3 aromatic rings. The van der Waals surface area contributed by atoms with Gasteiger partial charge < -0.3 is 14.8 Å². The molecule has 0 saturated carbocycles. The minimum absolute atomic E-state index is 0.135. The van der Waals surface area contributed by atoms with Gasteiger partial charge >= 0.3 is 5.69 Å². The van der Waals surface area contributed by atoms with Crippen LogP contribution in [-0.2, 0) is 18.4 Å². The molecule has 144 valence electrons. The van der Waals surface area contributed by atoms with Gasteiger partial charge in [-0.25, -0.2) is 9.48 Å². The Morgan fingerprint density at radius 2 is 2.00 bits per heavy atom. The highest BCUT2D eigenvalue weighted by atomic mass is 16.6. The monoisotopic (exact) mass is 381 g/mol. The van der Waals surface area contributed by atoms with E-state index in [1.807, 2.05) is 18.2 Å². The van der Waals surface area contributed by atoms with Crippen LogP contribution >= 0.6 is 0 Å². The quantitative estimate of drug-likeness (QED) is 0.695. The Balaban J connectivity index is 1.37. The summed E-state index contributed by atoms with van der Waals surface area (Å²) in [5, 5.41) is 7.07. The van der Waals surface area contributed by atoms with Crippen molar-refractivity contribution in [3.63, 3.8) is 0 Å². The van der Waals surface area contributed by atoms with Gasteiger partial charge in [-0.05, 0) is 24.3 Å². The summed E-state index contributed by atoms with van der Waals surface area (Å²) in [6.07, 6.45) is 0.906. The van der Waals surface area contributed by atoms with E-state index in [1.165, 1.54) is 9.25 Å². The van der Waals surface area contributed by atoms with Gasteiger partial charge in [0, 0.05) is 19.8 Å². The lowest BCUT2D eigenvalue weighted by Crippen LogP contribution is -2.45. The number of rotatable bonds is 5. The summed E-state index contributed by atoms with van der Waals surface area (Å²) in [6, 6.07) is 12.6. The molecule has 3 heterocycles. The molecule has 1 aliphatic heterocycles. The summed E-state index contributed by atoms with van der Waals surface area (Å²) in [6.45, 7) is 0.602.